The van der Waals surface area contributed by atoms with Crippen LogP contribution in [0.2, 0.25) is 4.47 Å². The van der Waals surface area contributed by atoms with Crippen LogP contribution in [-0.2, 0) is 13.2 Å². The summed E-state index contributed by atoms with van der Waals surface area (Å²) in [6, 6.07) is 7.63. The average Bonchev–Trinajstić information content (AvgIpc) is 2.73. The summed E-state index contributed by atoms with van der Waals surface area (Å²) < 4.78 is 5.94. The van der Waals surface area contributed by atoms with Crippen molar-refractivity contribution < 1.29 is 4.74 Å². The zero-order chi connectivity index (χ0) is 11.4. The van der Waals surface area contributed by atoms with Crippen molar-refractivity contribution >= 4 is 22.9 Å². The lowest BCUT2D eigenvalue weighted by molar-refractivity contribution is 0.304. The van der Waals surface area contributed by atoms with E-state index in [2.05, 4.69) is 10.2 Å². The first-order chi connectivity index (χ1) is 7.78. The van der Waals surface area contributed by atoms with Crippen LogP contribution in [-0.4, -0.2) is 10.2 Å². The molecule has 16 heavy (non-hydrogen) atoms. The van der Waals surface area contributed by atoms with Gasteiger partial charge in [-0.2, -0.15) is 0 Å². The van der Waals surface area contributed by atoms with Crippen molar-refractivity contribution in [3.05, 3.63) is 39.3 Å². The maximum absolute atomic E-state index is 5.66. The lowest BCUT2D eigenvalue weighted by Gasteiger charge is -2.04. The van der Waals surface area contributed by atoms with E-state index in [0.29, 0.717) is 17.6 Å². The fraction of sp³-hybridized carbons (Fsp3) is 0.200. The van der Waals surface area contributed by atoms with E-state index in [1.165, 1.54) is 11.3 Å². The van der Waals surface area contributed by atoms with E-state index >= 15 is 0 Å². The van der Waals surface area contributed by atoms with Gasteiger partial charge in [-0.05, 0) is 29.3 Å². The van der Waals surface area contributed by atoms with Gasteiger partial charge in [-0.1, -0.05) is 23.5 Å². The lowest BCUT2D eigenvalue weighted by Crippen LogP contribution is -1.97. The molecule has 2 rings (SSSR count). The van der Waals surface area contributed by atoms with Crippen molar-refractivity contribution in [1.82, 2.24) is 10.2 Å². The molecule has 0 aliphatic rings. The minimum absolute atomic E-state index is 0.381. The molecule has 0 unspecified atom stereocenters. The number of benzene rings is 1. The zero-order valence-electron chi connectivity index (χ0n) is 8.39. The Hall–Kier alpha value is -1.17. The SMILES string of the molecule is NCc1ccc(OCc2nnc(Cl)s2)cc1. The highest BCUT2D eigenvalue weighted by molar-refractivity contribution is 7.15. The molecule has 6 heteroatoms. The Kier molecular flexibility index (Phi) is 3.71. The van der Waals surface area contributed by atoms with Crippen LogP contribution in [0.3, 0.4) is 0 Å². The van der Waals surface area contributed by atoms with Gasteiger partial charge in [0.2, 0.25) is 4.47 Å². The van der Waals surface area contributed by atoms with Crippen LogP contribution in [0.4, 0.5) is 0 Å². The van der Waals surface area contributed by atoms with Crippen LogP contribution >= 0.6 is 22.9 Å². The number of nitrogens with two attached hydrogens (primary N) is 1. The second kappa shape index (κ2) is 5.25. The number of ether oxygens (including phenoxy) is 1. The predicted molar refractivity (Wildman–Crippen MR) is 63.6 cm³/mol. The quantitative estimate of drug-likeness (QED) is 0.910. The van der Waals surface area contributed by atoms with Crippen molar-refractivity contribution in [2.45, 2.75) is 13.2 Å². The monoisotopic (exact) mass is 255 g/mol. The van der Waals surface area contributed by atoms with E-state index in [1.54, 1.807) is 0 Å². The van der Waals surface area contributed by atoms with E-state index in [9.17, 15) is 0 Å². The van der Waals surface area contributed by atoms with Crippen molar-refractivity contribution in [3.63, 3.8) is 0 Å². The first-order valence-corrected chi connectivity index (χ1v) is 5.87. The number of nitrogens with zero attached hydrogens (tertiary/aromatic N) is 2. The van der Waals surface area contributed by atoms with Gasteiger partial charge in [0.15, 0.2) is 5.01 Å². The van der Waals surface area contributed by atoms with Crippen LogP contribution in [0.1, 0.15) is 10.6 Å². The van der Waals surface area contributed by atoms with Crippen molar-refractivity contribution in [2.24, 2.45) is 5.73 Å². The average molecular weight is 256 g/mol. The largest absolute Gasteiger partial charge is 0.486 e. The number of halogens is 1. The fourth-order valence-electron chi connectivity index (χ4n) is 1.16. The number of rotatable bonds is 4. The van der Waals surface area contributed by atoms with Gasteiger partial charge in [0.25, 0.3) is 0 Å². The van der Waals surface area contributed by atoms with E-state index in [4.69, 9.17) is 22.1 Å². The van der Waals surface area contributed by atoms with Gasteiger partial charge >= 0.3 is 0 Å². The van der Waals surface area contributed by atoms with E-state index < -0.39 is 0 Å². The molecule has 0 bridgehead atoms. The van der Waals surface area contributed by atoms with Gasteiger partial charge in [0.1, 0.15) is 12.4 Å². The summed E-state index contributed by atoms with van der Waals surface area (Å²) in [5.74, 6) is 0.781. The van der Waals surface area contributed by atoms with Crippen molar-refractivity contribution in [3.8, 4) is 5.75 Å². The van der Waals surface area contributed by atoms with Crippen LogP contribution in [0, 0.1) is 0 Å². The molecular formula is C10H10ClN3OS. The summed E-state index contributed by atoms with van der Waals surface area (Å²) in [5, 5.41) is 8.31. The number of hydrogen-bond acceptors (Lipinski definition) is 5. The third-order valence-electron chi connectivity index (χ3n) is 1.96. The molecule has 0 amide bonds. The predicted octanol–water partition coefficient (Wildman–Crippen LogP) is 2.23. The zero-order valence-corrected chi connectivity index (χ0v) is 9.96. The van der Waals surface area contributed by atoms with E-state index in [0.717, 1.165) is 16.3 Å². The van der Waals surface area contributed by atoms with E-state index in [-0.39, 0.29) is 0 Å². The summed E-state index contributed by atoms with van der Waals surface area (Å²) in [4.78, 5) is 0. The fourth-order valence-corrected chi connectivity index (χ4v) is 1.94. The van der Waals surface area contributed by atoms with Gasteiger partial charge in [-0.25, -0.2) is 0 Å². The second-order valence-electron chi connectivity index (χ2n) is 3.09. The molecule has 84 valence electrons. The highest BCUT2D eigenvalue weighted by Crippen LogP contribution is 2.18. The topological polar surface area (TPSA) is 61.0 Å². The van der Waals surface area contributed by atoms with Crippen LogP contribution in [0.15, 0.2) is 24.3 Å². The Bertz CT molecular complexity index is 457. The highest BCUT2D eigenvalue weighted by Gasteiger charge is 2.02. The third-order valence-corrected chi connectivity index (χ3v) is 2.96. The lowest BCUT2D eigenvalue weighted by atomic mass is 10.2. The molecular weight excluding hydrogens is 246 g/mol. The number of hydrogen-bond donors (Lipinski definition) is 1. The summed E-state index contributed by atoms with van der Waals surface area (Å²) in [5.41, 5.74) is 6.57. The molecule has 0 fully saturated rings. The molecule has 1 aromatic carbocycles. The van der Waals surface area contributed by atoms with Crippen molar-refractivity contribution in [2.75, 3.05) is 0 Å². The summed E-state index contributed by atoms with van der Waals surface area (Å²) >= 11 is 6.97. The normalized spacial score (nSPS) is 10.4. The maximum atomic E-state index is 5.66. The molecule has 0 spiro atoms. The van der Waals surface area contributed by atoms with Gasteiger partial charge < -0.3 is 10.5 Å². The first kappa shape index (κ1) is 11.3. The van der Waals surface area contributed by atoms with Gasteiger partial charge in [0, 0.05) is 6.54 Å². The van der Waals surface area contributed by atoms with Crippen molar-refractivity contribution in [1.29, 1.82) is 0 Å². The first-order valence-electron chi connectivity index (χ1n) is 4.67. The summed E-state index contributed by atoms with van der Waals surface area (Å²) in [6.07, 6.45) is 0. The summed E-state index contributed by atoms with van der Waals surface area (Å²) in [6.45, 7) is 0.915. The Labute approximate surface area is 102 Å². The van der Waals surface area contributed by atoms with Crippen LogP contribution < -0.4 is 10.5 Å². The molecule has 1 heterocycles. The number of aromatic nitrogens is 2. The summed E-state index contributed by atoms with van der Waals surface area (Å²) in [7, 11) is 0. The smallest absolute Gasteiger partial charge is 0.207 e. The second-order valence-corrected chi connectivity index (χ2v) is 4.73. The Morgan fingerprint density at radius 2 is 2.00 bits per heavy atom. The van der Waals surface area contributed by atoms with Crippen LogP contribution in [0.25, 0.3) is 0 Å². The molecule has 0 radical (unpaired) electrons. The third kappa shape index (κ3) is 2.91. The van der Waals surface area contributed by atoms with Gasteiger partial charge in [-0.3, -0.25) is 0 Å². The minimum atomic E-state index is 0.381. The molecule has 0 aliphatic heterocycles. The molecule has 2 aromatic rings. The minimum Gasteiger partial charge on any atom is -0.486 e. The van der Waals surface area contributed by atoms with Crippen LogP contribution in [0.5, 0.6) is 5.75 Å². The maximum Gasteiger partial charge on any atom is 0.207 e. The van der Waals surface area contributed by atoms with E-state index in [1.807, 2.05) is 24.3 Å². The highest BCUT2D eigenvalue weighted by atomic mass is 35.5. The molecule has 1 aromatic heterocycles. The molecule has 0 aliphatic carbocycles. The van der Waals surface area contributed by atoms with Gasteiger partial charge in [-0.15, -0.1) is 10.2 Å². The molecule has 4 nitrogen and oxygen atoms in total. The Morgan fingerprint density at radius 3 is 2.56 bits per heavy atom. The molecule has 2 N–H and O–H groups in total. The molecule has 0 saturated heterocycles. The Balaban J connectivity index is 1.94. The van der Waals surface area contributed by atoms with Gasteiger partial charge in [0.05, 0.1) is 0 Å². The molecule has 0 saturated carbocycles. The standard InChI is InChI=1S/C10H10ClN3OS/c11-10-14-13-9(16-10)6-15-8-3-1-7(5-12)2-4-8/h1-4H,5-6,12H2. The Morgan fingerprint density at radius 1 is 1.25 bits per heavy atom. The molecule has 0 atom stereocenters.